The van der Waals surface area contributed by atoms with Gasteiger partial charge in [0, 0.05) is 21.2 Å². The number of fused-ring (bicyclic) bond motifs is 2. The van der Waals surface area contributed by atoms with Crippen LogP contribution in [0.25, 0.3) is 21.5 Å². The number of hydrogen-bond acceptors (Lipinski definition) is 25. The van der Waals surface area contributed by atoms with Crippen molar-refractivity contribution in [3.63, 3.8) is 0 Å². The van der Waals surface area contributed by atoms with E-state index in [0.29, 0.717) is 72.0 Å². The van der Waals surface area contributed by atoms with Crippen LogP contribution < -0.4 is 10.6 Å². The third-order valence-corrected chi connectivity index (χ3v) is 13.9. The molecule has 0 aromatic heterocycles. The van der Waals surface area contributed by atoms with E-state index in [9.17, 15) is 30.7 Å². The van der Waals surface area contributed by atoms with Crippen molar-refractivity contribution >= 4 is 141 Å². The molecule has 8 aromatic rings. The minimum absolute atomic E-state index is 0.0543. The van der Waals surface area contributed by atoms with Crippen molar-refractivity contribution in [1.82, 2.24) is 0 Å². The predicted molar refractivity (Wildman–Crippen MR) is 279 cm³/mol. The molecule has 0 spiro atoms. The van der Waals surface area contributed by atoms with Crippen molar-refractivity contribution in [1.29, 1.82) is 0 Å². The van der Waals surface area contributed by atoms with Gasteiger partial charge < -0.3 is 10.6 Å². The molecule has 0 saturated carbocycles. The molecule has 7 N–H and O–H groups in total. The van der Waals surface area contributed by atoms with Crippen molar-refractivity contribution in [3.05, 3.63) is 151 Å². The maximum atomic E-state index is 13.3. The van der Waals surface area contributed by atoms with Crippen molar-refractivity contribution in [2.24, 2.45) is 40.9 Å². The van der Waals surface area contributed by atoms with Crippen molar-refractivity contribution in [3.8, 4) is 0 Å². The van der Waals surface area contributed by atoms with Crippen LogP contribution in [0.3, 0.4) is 0 Å². The molecule has 0 aliphatic carbocycles. The molecule has 0 heterocycles. The molecule has 0 radical (unpaired) electrons. The van der Waals surface area contributed by atoms with E-state index in [1.54, 1.807) is 116 Å². The lowest BCUT2D eigenvalue weighted by Crippen LogP contribution is -2.19. The smallest absolute Gasteiger partial charge is 0.308 e. The summed E-state index contributed by atoms with van der Waals surface area (Å²) in [6.45, 7) is 1.76. The molecule has 2 amide bonds. The highest BCUT2D eigenvalue weighted by molar-refractivity contribution is 7.95. The average Bonchev–Trinajstić information content (AvgIpc) is 3.41. The Balaban J connectivity index is 0.937. The lowest BCUT2D eigenvalue weighted by Gasteiger charge is -2.11. The zero-order chi connectivity index (χ0) is 54.5. The van der Waals surface area contributed by atoms with Crippen LogP contribution in [0.4, 0.5) is 61.7 Å². The number of hydrogen-bond donors (Lipinski definition) is 7. The number of nitrogens with one attached hydrogen (secondary N) is 2. The van der Waals surface area contributed by atoms with Gasteiger partial charge in [-0.25, -0.2) is 20.6 Å². The summed E-state index contributed by atoms with van der Waals surface area (Å²) in [7, 11) is -9.63. The summed E-state index contributed by atoms with van der Waals surface area (Å²) in [5.41, 5.74) is 2.52. The number of carbonyl (C=O) groups is 1. The maximum Gasteiger partial charge on any atom is 0.323 e. The highest BCUT2D eigenvalue weighted by atomic mass is 32.2. The van der Waals surface area contributed by atoms with Gasteiger partial charge in [-0.2, -0.15) is 42.4 Å². The van der Waals surface area contributed by atoms with Crippen LogP contribution >= 0.6 is 36.1 Å². The fourth-order valence-electron chi connectivity index (χ4n) is 6.82. The fourth-order valence-corrected chi connectivity index (χ4v) is 9.28. The van der Waals surface area contributed by atoms with E-state index in [1.807, 2.05) is 0 Å². The van der Waals surface area contributed by atoms with Crippen molar-refractivity contribution in [2.75, 3.05) is 10.6 Å². The van der Waals surface area contributed by atoms with Crippen LogP contribution in [0.15, 0.2) is 211 Å². The Morgan fingerprint density at radius 3 is 1.30 bits per heavy atom. The average molecular weight is 1140 g/mol. The van der Waals surface area contributed by atoms with Crippen molar-refractivity contribution in [2.45, 2.75) is 31.4 Å². The minimum atomic E-state index is -4.85. The van der Waals surface area contributed by atoms with Crippen LogP contribution in [0.5, 0.6) is 0 Å². The summed E-state index contributed by atoms with van der Waals surface area (Å²) < 4.78 is 83.1. The van der Waals surface area contributed by atoms with Crippen LogP contribution in [0.1, 0.15) is 5.56 Å². The molecule has 8 aromatic carbocycles. The molecule has 0 unspecified atom stereocenters. The van der Waals surface area contributed by atoms with Gasteiger partial charge in [0.2, 0.25) is 0 Å². The number of urea groups is 1. The van der Waals surface area contributed by atoms with Gasteiger partial charge in [-0.15, -0.1) is 28.3 Å². The zero-order valence-electron chi connectivity index (χ0n) is 38.7. The van der Waals surface area contributed by atoms with E-state index in [1.165, 1.54) is 24.3 Å². The number of carbonyl (C=O) groups excluding carboxylic acids is 1. The van der Waals surface area contributed by atoms with Crippen LogP contribution in [0, 0.1) is 6.92 Å². The quantitative estimate of drug-likeness (QED) is 0.0115. The number of aryl methyl sites for hydroxylation is 1. The second-order valence-corrected chi connectivity index (χ2v) is 20.5. The molecule has 0 fully saturated rings. The third kappa shape index (κ3) is 15.3. The summed E-state index contributed by atoms with van der Waals surface area (Å²) in [4.78, 5) is 13.5. The Bertz CT molecular complexity index is 3840. The number of benzene rings is 8. The lowest BCUT2D eigenvalue weighted by molar-refractivity contribution is -0.432. The van der Waals surface area contributed by atoms with Gasteiger partial charge >= 0.3 is 6.03 Å². The van der Waals surface area contributed by atoms with E-state index < -0.39 is 36.1 Å². The maximum absolute atomic E-state index is 13.3. The first-order chi connectivity index (χ1) is 37.0. The van der Waals surface area contributed by atoms with Gasteiger partial charge in [-0.1, -0.05) is 27.2 Å². The topological polar surface area (TPSA) is 365 Å². The predicted octanol–water partition coefficient (Wildman–Crippen LogP) is 15.4. The first kappa shape index (κ1) is 55.7. The van der Waals surface area contributed by atoms with Crippen LogP contribution in [-0.4, -0.2) is 47.7 Å². The number of anilines is 2. The van der Waals surface area contributed by atoms with Crippen LogP contribution in [-0.2, 0) is 48.4 Å². The molecule has 77 heavy (non-hydrogen) atoms. The summed E-state index contributed by atoms with van der Waals surface area (Å²) in [5.74, 6) is 0. The van der Waals surface area contributed by atoms with Gasteiger partial charge in [-0.3, -0.25) is 9.11 Å². The summed E-state index contributed by atoms with van der Waals surface area (Å²) in [6.07, 6.45) is 0. The normalized spacial score (nSPS) is 12.3. The first-order valence-electron chi connectivity index (χ1n) is 21.3. The second kappa shape index (κ2) is 25.5. The van der Waals surface area contributed by atoms with E-state index in [4.69, 9.17) is 15.8 Å². The molecule has 0 aliphatic rings. The number of rotatable bonds is 21. The molecule has 0 aliphatic heterocycles. The van der Waals surface area contributed by atoms with Gasteiger partial charge in [-0.05, 0) is 167 Å². The number of nitrogens with zero attached hydrogens (tertiary/aromatic N) is 8. The van der Waals surface area contributed by atoms with E-state index >= 15 is 0 Å². The molecule has 0 saturated heterocycles. The largest absolute Gasteiger partial charge is 0.323 e. The van der Waals surface area contributed by atoms with Crippen molar-refractivity contribution < 1.29 is 74.6 Å². The Morgan fingerprint density at radius 2 is 0.831 bits per heavy atom. The zero-order valence-corrected chi connectivity index (χ0v) is 42.8. The Hall–Kier alpha value is -7.54. The molecule has 0 bridgehead atoms. The van der Waals surface area contributed by atoms with E-state index in [-0.39, 0.29) is 33.3 Å². The summed E-state index contributed by atoms with van der Waals surface area (Å²) in [5, 5.41) is 77.5. The molecular weight excluding hydrogens is 1110 g/mol. The molecular formula is C46H34N10O16S5. The molecule has 8 rings (SSSR count). The first-order valence-corrected chi connectivity index (χ1v) is 26.4. The SMILES string of the molecule is Cc1cc2cc(NC(=O)Nc3ccc4cc(N=Nc5ccc(N=Nc6ccc(SOOO)cc6)cc5S(=O)(=O)O)c(SOOO)cc4c3)ccc2cc1N=Nc1ccc(N=Nc2ccc(SOOO)cc2)cc1S(=O)(=O)O. The fraction of sp³-hybridized carbons (Fsp3) is 0.0217. The molecule has 0 atom stereocenters. The summed E-state index contributed by atoms with van der Waals surface area (Å²) >= 11 is 2.04. The van der Waals surface area contributed by atoms with Gasteiger partial charge in [0.25, 0.3) is 20.2 Å². The highest BCUT2D eigenvalue weighted by Crippen LogP contribution is 2.39. The number of amides is 2. The number of azo groups is 4. The monoisotopic (exact) mass is 1140 g/mol. The van der Waals surface area contributed by atoms with E-state index in [2.05, 4.69) is 79.7 Å². The van der Waals surface area contributed by atoms with Crippen LogP contribution in [0.2, 0.25) is 0 Å². The Kier molecular flexibility index (Phi) is 18.5. The van der Waals surface area contributed by atoms with Gasteiger partial charge in [0.05, 0.1) is 69.5 Å². The second-order valence-electron chi connectivity index (χ2n) is 15.4. The van der Waals surface area contributed by atoms with Gasteiger partial charge in [0.15, 0.2) is 0 Å². The van der Waals surface area contributed by atoms with E-state index in [0.717, 1.165) is 41.6 Å². The van der Waals surface area contributed by atoms with Gasteiger partial charge in [0.1, 0.15) is 26.9 Å². The standard InChI is InChI=1S/C46H34N10O16S5/c1-26-18-29-19-33(4-2-27(29)21-41(26)55-53-39-16-10-35(24-44(39)76(61,62)63)51-49-31-6-12-37(13-7-31)73-70-67-58)47-46(57)48-34-5-3-28-22-42(43(75-72-69-60)23-30(28)20-34)56-54-40-17-11-36(25-45(40)77(64,65)66)52-50-32-8-14-38(15-9-32)74-71-68-59/h2-25,58-60H,1H3,(H2,47,48,57)(H,61,62,63)(H,64,65,66). The third-order valence-electron chi connectivity index (χ3n) is 10.3. The Morgan fingerprint density at radius 1 is 0.429 bits per heavy atom. The molecule has 31 heteroatoms. The summed E-state index contributed by atoms with van der Waals surface area (Å²) in [6, 6.07) is 36.5. The lowest BCUT2D eigenvalue weighted by atomic mass is 10.1. The Labute approximate surface area is 447 Å². The molecule has 26 nitrogen and oxygen atoms in total. The minimum Gasteiger partial charge on any atom is -0.308 e. The molecule has 394 valence electrons. The highest BCUT2D eigenvalue weighted by Gasteiger charge is 2.19.